The van der Waals surface area contributed by atoms with E-state index in [9.17, 15) is 0 Å². The van der Waals surface area contributed by atoms with Gasteiger partial charge in [-0.15, -0.1) is 6.42 Å². The molecule has 84 valence electrons. The van der Waals surface area contributed by atoms with Crippen molar-refractivity contribution in [1.29, 1.82) is 0 Å². The maximum Gasteiger partial charge on any atom is 0.129 e. The second-order valence-corrected chi connectivity index (χ2v) is 4.24. The normalized spacial score (nSPS) is 14.5. The largest absolute Gasteiger partial charge is 0.349 e. The zero-order valence-electron chi connectivity index (χ0n) is 9.61. The molecule has 1 heterocycles. The van der Waals surface area contributed by atoms with Crippen molar-refractivity contribution in [1.82, 2.24) is 10.3 Å². The fourth-order valence-corrected chi connectivity index (χ4v) is 1.51. The lowest BCUT2D eigenvalue weighted by Gasteiger charge is -2.14. The molecule has 0 unspecified atom stereocenters. The third-order valence-electron chi connectivity index (χ3n) is 2.70. The molecule has 16 heavy (non-hydrogen) atoms. The summed E-state index contributed by atoms with van der Waals surface area (Å²) in [6.07, 6.45) is 9.80. The van der Waals surface area contributed by atoms with Crippen LogP contribution in [0.25, 0.3) is 0 Å². The number of aromatic nitrogens is 1. The van der Waals surface area contributed by atoms with E-state index in [0.29, 0.717) is 6.54 Å². The lowest BCUT2D eigenvalue weighted by atomic mass is 10.2. The topological polar surface area (TPSA) is 28.2 Å². The van der Waals surface area contributed by atoms with E-state index >= 15 is 0 Å². The fraction of sp³-hybridized carbons (Fsp3) is 0.462. The summed E-state index contributed by atoms with van der Waals surface area (Å²) >= 11 is 0. The molecule has 1 fully saturated rings. The molecule has 0 atom stereocenters. The van der Waals surface area contributed by atoms with Gasteiger partial charge < -0.3 is 10.2 Å². The minimum absolute atomic E-state index is 0.590. The van der Waals surface area contributed by atoms with Crippen LogP contribution in [-0.4, -0.2) is 24.6 Å². The molecule has 1 aromatic rings. The van der Waals surface area contributed by atoms with E-state index in [1.54, 1.807) is 0 Å². The number of nitrogens with one attached hydrogen (secondary N) is 1. The van der Waals surface area contributed by atoms with Crippen LogP contribution in [0.15, 0.2) is 18.3 Å². The number of anilines is 1. The van der Waals surface area contributed by atoms with Crippen molar-refractivity contribution in [3.63, 3.8) is 0 Å². The number of nitrogens with zero attached hydrogens (tertiary/aromatic N) is 2. The zero-order valence-corrected chi connectivity index (χ0v) is 9.61. The van der Waals surface area contributed by atoms with Crippen molar-refractivity contribution >= 4 is 5.82 Å². The van der Waals surface area contributed by atoms with Gasteiger partial charge >= 0.3 is 0 Å². The van der Waals surface area contributed by atoms with Crippen LogP contribution in [0.4, 0.5) is 5.82 Å². The Balaban J connectivity index is 1.90. The third-order valence-corrected chi connectivity index (χ3v) is 2.70. The average molecular weight is 215 g/mol. The van der Waals surface area contributed by atoms with Crippen LogP contribution in [0.3, 0.4) is 0 Å². The molecule has 1 saturated carbocycles. The molecule has 3 heteroatoms. The molecule has 1 N–H and O–H groups in total. The number of hydrogen-bond donors (Lipinski definition) is 1. The second-order valence-electron chi connectivity index (χ2n) is 4.24. The minimum Gasteiger partial charge on any atom is -0.349 e. The highest BCUT2D eigenvalue weighted by Gasteiger charge is 2.19. The van der Waals surface area contributed by atoms with E-state index in [2.05, 4.69) is 22.3 Å². The molecular formula is C13H17N3. The highest BCUT2D eigenvalue weighted by atomic mass is 15.1. The maximum absolute atomic E-state index is 5.26. The average Bonchev–Trinajstić information content (AvgIpc) is 3.11. The summed E-state index contributed by atoms with van der Waals surface area (Å²) in [5.74, 6) is 3.53. The quantitative estimate of drug-likeness (QED) is 0.753. The minimum atomic E-state index is 0.590. The molecular weight excluding hydrogens is 198 g/mol. The van der Waals surface area contributed by atoms with Crippen molar-refractivity contribution in [3.8, 4) is 12.3 Å². The molecule has 0 radical (unpaired) electrons. The summed E-state index contributed by atoms with van der Waals surface area (Å²) in [4.78, 5) is 6.34. The van der Waals surface area contributed by atoms with Gasteiger partial charge in [0, 0.05) is 25.8 Å². The van der Waals surface area contributed by atoms with Crippen LogP contribution in [0.2, 0.25) is 0 Å². The molecule has 0 aromatic carbocycles. The van der Waals surface area contributed by atoms with Gasteiger partial charge in [0.15, 0.2) is 0 Å². The predicted octanol–water partition coefficient (Wildman–Crippen LogP) is 1.40. The molecule has 0 bridgehead atoms. The number of terminal acetylenes is 1. The van der Waals surface area contributed by atoms with Gasteiger partial charge in [0.25, 0.3) is 0 Å². The third kappa shape index (κ3) is 2.98. The summed E-state index contributed by atoms with van der Waals surface area (Å²) in [6.45, 7) is 1.50. The van der Waals surface area contributed by atoms with Gasteiger partial charge in [-0.3, -0.25) is 0 Å². The molecule has 0 aliphatic heterocycles. The number of pyridine rings is 1. The summed E-state index contributed by atoms with van der Waals surface area (Å²) in [5, 5.41) is 3.46. The summed E-state index contributed by atoms with van der Waals surface area (Å²) in [7, 11) is 1.95. The Bertz CT molecular complexity index is 373. The Morgan fingerprint density at radius 1 is 1.56 bits per heavy atom. The van der Waals surface area contributed by atoms with E-state index in [0.717, 1.165) is 18.4 Å². The van der Waals surface area contributed by atoms with E-state index in [-0.39, 0.29) is 0 Å². The van der Waals surface area contributed by atoms with E-state index in [1.165, 1.54) is 18.4 Å². The smallest absolute Gasteiger partial charge is 0.129 e. The fourth-order valence-electron chi connectivity index (χ4n) is 1.51. The van der Waals surface area contributed by atoms with Crippen molar-refractivity contribution in [2.45, 2.75) is 25.4 Å². The summed E-state index contributed by atoms with van der Waals surface area (Å²) in [5.41, 5.74) is 1.23. The van der Waals surface area contributed by atoms with Gasteiger partial charge in [0.05, 0.1) is 6.54 Å². The Hall–Kier alpha value is -1.53. The van der Waals surface area contributed by atoms with Gasteiger partial charge in [-0.05, 0) is 24.5 Å². The standard InChI is InChI=1S/C13H17N3/c1-3-8-16(2)13-7-4-11(10-15-13)9-14-12-5-6-12/h1,4,7,10,12,14H,5-6,8-9H2,2H3. The van der Waals surface area contributed by atoms with Gasteiger partial charge in [-0.1, -0.05) is 12.0 Å². The highest BCUT2D eigenvalue weighted by Crippen LogP contribution is 2.19. The highest BCUT2D eigenvalue weighted by molar-refractivity contribution is 5.39. The Morgan fingerprint density at radius 3 is 2.94 bits per heavy atom. The van der Waals surface area contributed by atoms with E-state index in [4.69, 9.17) is 6.42 Å². The second kappa shape index (κ2) is 5.00. The first-order chi connectivity index (χ1) is 7.79. The Morgan fingerprint density at radius 2 is 2.38 bits per heavy atom. The maximum atomic E-state index is 5.26. The molecule has 2 rings (SSSR count). The monoisotopic (exact) mass is 215 g/mol. The molecule has 0 spiro atoms. The lowest BCUT2D eigenvalue weighted by Crippen LogP contribution is -2.19. The number of rotatable bonds is 5. The van der Waals surface area contributed by atoms with Crippen LogP contribution in [0, 0.1) is 12.3 Å². The lowest BCUT2D eigenvalue weighted by molar-refractivity contribution is 0.686. The number of hydrogen-bond acceptors (Lipinski definition) is 3. The molecule has 1 aliphatic carbocycles. The van der Waals surface area contributed by atoms with Crippen molar-refractivity contribution in [3.05, 3.63) is 23.9 Å². The molecule has 3 nitrogen and oxygen atoms in total. The van der Waals surface area contributed by atoms with Gasteiger partial charge in [0.1, 0.15) is 5.82 Å². The first kappa shape index (κ1) is 11.0. The molecule has 0 saturated heterocycles. The van der Waals surface area contributed by atoms with Crippen molar-refractivity contribution in [2.75, 3.05) is 18.5 Å². The van der Waals surface area contributed by atoms with Crippen LogP contribution in [0.1, 0.15) is 18.4 Å². The Labute approximate surface area is 96.9 Å². The van der Waals surface area contributed by atoms with Crippen molar-refractivity contribution in [2.24, 2.45) is 0 Å². The molecule has 0 amide bonds. The van der Waals surface area contributed by atoms with Gasteiger partial charge in [-0.25, -0.2) is 4.98 Å². The zero-order chi connectivity index (χ0) is 11.4. The first-order valence-electron chi connectivity index (χ1n) is 5.62. The SMILES string of the molecule is C#CCN(C)c1ccc(CNC2CC2)cn1. The Kier molecular flexibility index (Phi) is 3.43. The van der Waals surface area contributed by atoms with Gasteiger partial charge in [-0.2, -0.15) is 0 Å². The molecule has 1 aromatic heterocycles. The summed E-state index contributed by atoms with van der Waals surface area (Å²) < 4.78 is 0. The molecule has 1 aliphatic rings. The predicted molar refractivity (Wildman–Crippen MR) is 66.2 cm³/mol. The van der Waals surface area contributed by atoms with E-state index < -0.39 is 0 Å². The van der Waals surface area contributed by atoms with Crippen LogP contribution in [-0.2, 0) is 6.54 Å². The van der Waals surface area contributed by atoms with Gasteiger partial charge in [0.2, 0.25) is 0 Å². The van der Waals surface area contributed by atoms with Crippen molar-refractivity contribution < 1.29 is 0 Å². The first-order valence-corrected chi connectivity index (χ1v) is 5.62. The van der Waals surface area contributed by atoms with Crippen LogP contribution in [0.5, 0.6) is 0 Å². The van der Waals surface area contributed by atoms with Crippen LogP contribution < -0.4 is 10.2 Å². The van der Waals surface area contributed by atoms with E-state index in [1.807, 2.05) is 24.2 Å². The summed E-state index contributed by atoms with van der Waals surface area (Å²) in [6, 6.07) is 4.86. The van der Waals surface area contributed by atoms with Crippen LogP contribution >= 0.6 is 0 Å².